The van der Waals surface area contributed by atoms with Gasteiger partial charge in [0.2, 0.25) is 0 Å². The fourth-order valence-electron chi connectivity index (χ4n) is 2.63. The van der Waals surface area contributed by atoms with Gasteiger partial charge >= 0.3 is 6.09 Å². The molecule has 0 fully saturated rings. The summed E-state index contributed by atoms with van der Waals surface area (Å²) >= 11 is 0. The van der Waals surface area contributed by atoms with Crippen LogP contribution in [0.2, 0.25) is 0 Å². The summed E-state index contributed by atoms with van der Waals surface area (Å²) in [7, 11) is 1.36. The Morgan fingerprint density at radius 2 is 2.43 bits per heavy atom. The number of nitrogens with zero attached hydrogens (tertiary/aromatic N) is 2. The van der Waals surface area contributed by atoms with Crippen LogP contribution in [0.4, 0.5) is 16.2 Å². The Labute approximate surface area is 123 Å². The van der Waals surface area contributed by atoms with Crippen LogP contribution in [0.25, 0.3) is 0 Å². The highest BCUT2D eigenvalue weighted by Crippen LogP contribution is 2.30. The SMILES string of the molecule is COC(=O)Nc1ccc2c(c1)N(Cc1ncc[nH]1)CCC2. The molecule has 6 nitrogen and oxygen atoms in total. The molecule has 1 aliphatic heterocycles. The van der Waals surface area contributed by atoms with E-state index in [1.807, 2.05) is 18.3 Å². The van der Waals surface area contributed by atoms with Crippen LogP contribution in [0.5, 0.6) is 0 Å². The quantitative estimate of drug-likeness (QED) is 0.909. The number of aromatic amines is 1. The Morgan fingerprint density at radius 1 is 1.52 bits per heavy atom. The van der Waals surface area contributed by atoms with Crippen molar-refractivity contribution in [3.05, 3.63) is 42.0 Å². The summed E-state index contributed by atoms with van der Waals surface area (Å²) in [5.74, 6) is 0.939. The number of hydrogen-bond acceptors (Lipinski definition) is 4. The maximum absolute atomic E-state index is 11.3. The summed E-state index contributed by atoms with van der Waals surface area (Å²) in [6.07, 6.45) is 5.31. The highest BCUT2D eigenvalue weighted by Gasteiger charge is 2.18. The molecule has 3 rings (SSSR count). The third kappa shape index (κ3) is 2.99. The number of carbonyl (C=O) groups excluding carboxylic acids is 1. The number of ether oxygens (including phenoxy) is 1. The van der Waals surface area contributed by atoms with Crippen LogP contribution < -0.4 is 10.2 Å². The van der Waals surface area contributed by atoms with E-state index in [1.165, 1.54) is 12.7 Å². The Bertz CT molecular complexity index is 625. The van der Waals surface area contributed by atoms with Gasteiger partial charge in [-0.15, -0.1) is 0 Å². The lowest BCUT2D eigenvalue weighted by Crippen LogP contribution is -2.29. The standard InChI is InChI=1S/C15H18N4O2/c1-21-15(20)18-12-5-4-11-3-2-8-19(13(11)9-12)10-14-16-6-7-17-14/h4-7,9H,2-3,8,10H2,1H3,(H,16,17)(H,18,20). The number of imidazole rings is 1. The van der Waals surface area contributed by atoms with E-state index in [-0.39, 0.29) is 0 Å². The summed E-state index contributed by atoms with van der Waals surface area (Å²) < 4.78 is 4.63. The van der Waals surface area contributed by atoms with Crippen LogP contribution in [-0.4, -0.2) is 29.7 Å². The lowest BCUT2D eigenvalue weighted by Gasteiger charge is -2.31. The molecule has 0 radical (unpaired) electrons. The monoisotopic (exact) mass is 286 g/mol. The summed E-state index contributed by atoms with van der Waals surface area (Å²) in [6.45, 7) is 1.72. The number of carbonyl (C=O) groups is 1. The van der Waals surface area contributed by atoms with Gasteiger partial charge in [0.1, 0.15) is 5.82 Å². The molecule has 0 spiro atoms. The van der Waals surface area contributed by atoms with Gasteiger partial charge in [-0.3, -0.25) is 5.32 Å². The van der Waals surface area contributed by atoms with Crippen molar-refractivity contribution >= 4 is 17.5 Å². The molecule has 0 aliphatic carbocycles. The fourth-order valence-corrected chi connectivity index (χ4v) is 2.63. The molecule has 2 N–H and O–H groups in total. The van der Waals surface area contributed by atoms with E-state index in [0.717, 1.165) is 43.1 Å². The average Bonchev–Trinajstić information content (AvgIpc) is 3.01. The number of hydrogen-bond donors (Lipinski definition) is 2. The van der Waals surface area contributed by atoms with Crippen molar-refractivity contribution in [3.8, 4) is 0 Å². The first-order valence-corrected chi connectivity index (χ1v) is 6.97. The molecule has 6 heteroatoms. The molecule has 2 heterocycles. The molecular weight excluding hydrogens is 268 g/mol. The van der Waals surface area contributed by atoms with E-state index in [1.54, 1.807) is 6.20 Å². The van der Waals surface area contributed by atoms with Crippen molar-refractivity contribution in [2.45, 2.75) is 19.4 Å². The molecule has 1 aromatic heterocycles. The molecule has 1 aromatic carbocycles. The van der Waals surface area contributed by atoms with E-state index in [2.05, 4.69) is 31.0 Å². The smallest absolute Gasteiger partial charge is 0.411 e. The Hall–Kier alpha value is -2.50. The highest BCUT2D eigenvalue weighted by molar-refractivity contribution is 5.85. The van der Waals surface area contributed by atoms with Gasteiger partial charge in [-0.25, -0.2) is 9.78 Å². The van der Waals surface area contributed by atoms with Crippen LogP contribution >= 0.6 is 0 Å². The second-order valence-corrected chi connectivity index (χ2v) is 5.02. The minimum atomic E-state index is -0.455. The van der Waals surface area contributed by atoms with Gasteiger partial charge in [0.15, 0.2) is 0 Å². The van der Waals surface area contributed by atoms with Gasteiger partial charge in [-0.05, 0) is 30.5 Å². The molecule has 0 bridgehead atoms. The van der Waals surface area contributed by atoms with Crippen molar-refractivity contribution in [1.29, 1.82) is 0 Å². The lowest BCUT2D eigenvalue weighted by molar-refractivity contribution is 0.187. The molecule has 2 aromatic rings. The largest absolute Gasteiger partial charge is 0.453 e. The number of H-pyrrole nitrogens is 1. The second kappa shape index (κ2) is 5.87. The first-order valence-electron chi connectivity index (χ1n) is 6.97. The van der Waals surface area contributed by atoms with Crippen molar-refractivity contribution < 1.29 is 9.53 Å². The predicted molar refractivity (Wildman–Crippen MR) is 80.4 cm³/mol. The molecule has 0 saturated carbocycles. The molecular formula is C15H18N4O2. The lowest BCUT2D eigenvalue weighted by atomic mass is 10.0. The number of anilines is 2. The van der Waals surface area contributed by atoms with Crippen LogP contribution in [0.15, 0.2) is 30.6 Å². The number of fused-ring (bicyclic) bond motifs is 1. The molecule has 21 heavy (non-hydrogen) atoms. The normalized spacial score (nSPS) is 13.7. The predicted octanol–water partition coefficient (Wildman–Crippen LogP) is 2.54. The van der Waals surface area contributed by atoms with Crippen molar-refractivity contribution in [1.82, 2.24) is 9.97 Å². The summed E-state index contributed by atoms with van der Waals surface area (Å²) in [5.41, 5.74) is 3.18. The van der Waals surface area contributed by atoms with Gasteiger partial charge in [-0.2, -0.15) is 0 Å². The maximum Gasteiger partial charge on any atom is 0.411 e. The molecule has 1 amide bonds. The number of methoxy groups -OCH3 is 1. The Morgan fingerprint density at radius 3 is 3.19 bits per heavy atom. The van der Waals surface area contributed by atoms with Gasteiger partial charge < -0.3 is 14.6 Å². The van der Waals surface area contributed by atoms with Crippen LogP contribution in [0.3, 0.4) is 0 Å². The topological polar surface area (TPSA) is 70.2 Å². The minimum Gasteiger partial charge on any atom is -0.453 e. The number of nitrogens with one attached hydrogen (secondary N) is 2. The van der Waals surface area contributed by atoms with E-state index >= 15 is 0 Å². The first kappa shape index (κ1) is 13.5. The van der Waals surface area contributed by atoms with Crippen molar-refractivity contribution in [3.63, 3.8) is 0 Å². The van der Waals surface area contributed by atoms with Crippen molar-refractivity contribution in [2.75, 3.05) is 23.9 Å². The fraction of sp³-hybridized carbons (Fsp3) is 0.333. The Balaban J connectivity index is 1.84. The zero-order chi connectivity index (χ0) is 14.7. The average molecular weight is 286 g/mol. The molecule has 110 valence electrons. The van der Waals surface area contributed by atoms with Crippen molar-refractivity contribution in [2.24, 2.45) is 0 Å². The second-order valence-electron chi connectivity index (χ2n) is 5.02. The third-order valence-electron chi connectivity index (χ3n) is 3.63. The number of rotatable bonds is 3. The van der Waals surface area contributed by atoms with Crippen LogP contribution in [0, 0.1) is 0 Å². The molecule has 0 atom stereocenters. The number of amides is 1. The highest BCUT2D eigenvalue weighted by atomic mass is 16.5. The van der Waals surface area contributed by atoms with Crippen LogP contribution in [0.1, 0.15) is 17.8 Å². The third-order valence-corrected chi connectivity index (χ3v) is 3.63. The number of benzene rings is 1. The van der Waals surface area contributed by atoms with Gasteiger partial charge in [-0.1, -0.05) is 6.07 Å². The van der Waals surface area contributed by atoms with Crippen LogP contribution in [-0.2, 0) is 17.7 Å². The zero-order valence-electron chi connectivity index (χ0n) is 11.9. The molecule has 1 aliphatic rings. The number of aryl methyl sites for hydroxylation is 1. The molecule has 0 saturated heterocycles. The first-order chi connectivity index (χ1) is 10.3. The summed E-state index contributed by atoms with van der Waals surface area (Å²) in [4.78, 5) is 21.0. The summed E-state index contributed by atoms with van der Waals surface area (Å²) in [5, 5.41) is 2.71. The van der Waals surface area contributed by atoms with E-state index in [0.29, 0.717) is 0 Å². The minimum absolute atomic E-state index is 0.455. The Kier molecular flexibility index (Phi) is 3.77. The van der Waals surface area contributed by atoms with E-state index in [4.69, 9.17) is 0 Å². The zero-order valence-corrected chi connectivity index (χ0v) is 11.9. The van der Waals surface area contributed by atoms with E-state index < -0.39 is 6.09 Å². The van der Waals surface area contributed by atoms with Gasteiger partial charge in [0.05, 0.1) is 13.7 Å². The van der Waals surface area contributed by atoms with E-state index in [9.17, 15) is 4.79 Å². The molecule has 0 unspecified atom stereocenters. The van der Waals surface area contributed by atoms with Gasteiger partial charge in [0, 0.05) is 30.3 Å². The summed E-state index contributed by atoms with van der Waals surface area (Å²) in [6, 6.07) is 5.97. The number of aromatic nitrogens is 2. The van der Waals surface area contributed by atoms with Gasteiger partial charge in [0.25, 0.3) is 0 Å². The maximum atomic E-state index is 11.3.